The Morgan fingerprint density at radius 3 is 3.00 bits per heavy atom. The molecule has 1 aliphatic rings. The highest BCUT2D eigenvalue weighted by atomic mass is 19.1. The third-order valence-corrected chi connectivity index (χ3v) is 4.99. The van der Waals surface area contributed by atoms with Gasteiger partial charge in [0.05, 0.1) is 22.6 Å². The second kappa shape index (κ2) is 5.95. The molecule has 0 aliphatic carbocycles. The molecular weight excluding hydrogens is 347 g/mol. The predicted molar refractivity (Wildman–Crippen MR) is 99.2 cm³/mol. The van der Waals surface area contributed by atoms with Gasteiger partial charge in [0, 0.05) is 36.9 Å². The third kappa shape index (κ3) is 2.60. The summed E-state index contributed by atoms with van der Waals surface area (Å²) in [5.74, 6) is -0.0669. The van der Waals surface area contributed by atoms with E-state index in [9.17, 15) is 9.18 Å². The summed E-state index contributed by atoms with van der Waals surface area (Å²) >= 11 is 0. The van der Waals surface area contributed by atoms with Crippen LogP contribution in [0.15, 0.2) is 41.7 Å². The smallest absolute Gasteiger partial charge is 0.261 e. The normalized spacial score (nSPS) is 17.2. The molecule has 1 atom stereocenters. The van der Waals surface area contributed by atoms with Gasteiger partial charge in [-0.3, -0.25) is 4.79 Å². The lowest BCUT2D eigenvalue weighted by Gasteiger charge is -2.13. The van der Waals surface area contributed by atoms with E-state index in [1.54, 1.807) is 27.6 Å². The van der Waals surface area contributed by atoms with E-state index < -0.39 is 5.82 Å². The minimum Gasteiger partial charge on any atom is -0.315 e. The van der Waals surface area contributed by atoms with E-state index in [0.29, 0.717) is 22.3 Å². The summed E-state index contributed by atoms with van der Waals surface area (Å²) in [4.78, 5) is 25.7. The molecule has 5 heterocycles. The predicted octanol–water partition coefficient (Wildman–Crippen LogP) is 2.09. The van der Waals surface area contributed by atoms with Crippen LogP contribution >= 0.6 is 0 Å². The molecule has 1 N–H and O–H groups in total. The van der Waals surface area contributed by atoms with Crippen LogP contribution in [0.25, 0.3) is 27.9 Å². The Hall–Kier alpha value is -3.13. The van der Waals surface area contributed by atoms with Gasteiger partial charge in [-0.25, -0.2) is 19.3 Å². The Bertz CT molecular complexity index is 1240. The molecular formula is C19H17FN6O. The molecule has 5 rings (SSSR count). The van der Waals surface area contributed by atoms with E-state index in [4.69, 9.17) is 0 Å². The van der Waals surface area contributed by atoms with E-state index in [-0.39, 0.29) is 17.2 Å². The molecule has 0 aromatic carbocycles. The maximum absolute atomic E-state index is 14.4. The number of pyridine rings is 2. The summed E-state index contributed by atoms with van der Waals surface area (Å²) in [5.41, 5.74) is 1.98. The monoisotopic (exact) mass is 364 g/mol. The van der Waals surface area contributed by atoms with Crippen LogP contribution in [0.4, 0.5) is 4.39 Å². The number of imidazole rings is 1. The lowest BCUT2D eigenvalue weighted by Crippen LogP contribution is -2.26. The van der Waals surface area contributed by atoms with Crippen molar-refractivity contribution in [2.75, 3.05) is 13.1 Å². The minimum absolute atomic E-state index is 0.0976. The molecule has 4 aromatic heterocycles. The van der Waals surface area contributed by atoms with Crippen molar-refractivity contribution in [3.8, 4) is 11.4 Å². The molecule has 0 saturated carbocycles. The van der Waals surface area contributed by atoms with Gasteiger partial charge in [-0.2, -0.15) is 0 Å². The van der Waals surface area contributed by atoms with Crippen molar-refractivity contribution in [2.45, 2.75) is 19.4 Å². The van der Waals surface area contributed by atoms with Crippen molar-refractivity contribution in [1.82, 2.24) is 29.2 Å². The quantitative estimate of drug-likeness (QED) is 0.589. The SMILES string of the molecule is Cc1cn2cc(-c3ncc4c(=O)n(C5CCNC5)ccc4n3)cc(F)c2n1. The van der Waals surface area contributed by atoms with E-state index in [1.165, 1.54) is 12.3 Å². The number of halogens is 1. The zero-order chi connectivity index (χ0) is 18.5. The van der Waals surface area contributed by atoms with E-state index in [2.05, 4.69) is 20.3 Å². The van der Waals surface area contributed by atoms with Crippen LogP contribution in [-0.4, -0.2) is 37.0 Å². The van der Waals surface area contributed by atoms with Crippen LogP contribution in [0.5, 0.6) is 0 Å². The first-order valence-corrected chi connectivity index (χ1v) is 8.84. The average Bonchev–Trinajstić information content (AvgIpc) is 3.31. The number of rotatable bonds is 2. The zero-order valence-corrected chi connectivity index (χ0v) is 14.7. The summed E-state index contributed by atoms with van der Waals surface area (Å²) in [6, 6.07) is 3.34. The highest BCUT2D eigenvalue weighted by molar-refractivity contribution is 5.78. The molecule has 8 heteroatoms. The van der Waals surface area contributed by atoms with Crippen LogP contribution in [0, 0.1) is 12.7 Å². The molecule has 136 valence electrons. The van der Waals surface area contributed by atoms with Crippen molar-refractivity contribution >= 4 is 16.6 Å². The highest BCUT2D eigenvalue weighted by Crippen LogP contribution is 2.21. The first kappa shape index (κ1) is 16.1. The van der Waals surface area contributed by atoms with E-state index >= 15 is 0 Å². The van der Waals surface area contributed by atoms with Gasteiger partial charge in [0.15, 0.2) is 17.3 Å². The zero-order valence-electron chi connectivity index (χ0n) is 14.7. The van der Waals surface area contributed by atoms with Crippen LogP contribution < -0.4 is 10.9 Å². The van der Waals surface area contributed by atoms with Crippen LogP contribution in [-0.2, 0) is 0 Å². The fraction of sp³-hybridized carbons (Fsp3) is 0.263. The maximum Gasteiger partial charge on any atom is 0.261 e. The Labute approximate surface area is 153 Å². The fourth-order valence-electron chi connectivity index (χ4n) is 3.65. The summed E-state index contributed by atoms with van der Waals surface area (Å²) in [7, 11) is 0. The second-order valence-corrected chi connectivity index (χ2v) is 6.86. The Morgan fingerprint density at radius 2 is 2.19 bits per heavy atom. The largest absolute Gasteiger partial charge is 0.315 e. The standard InChI is InChI=1S/C19H17FN6O/c1-11-9-25-10-12(6-15(20)18(25)23-11)17-22-8-14-16(24-17)3-5-26(19(14)27)13-2-4-21-7-13/h3,5-6,8-10,13,21H,2,4,7H2,1H3. The van der Waals surface area contributed by atoms with Gasteiger partial charge in [-0.05, 0) is 32.0 Å². The fourth-order valence-corrected chi connectivity index (χ4v) is 3.65. The number of hydrogen-bond acceptors (Lipinski definition) is 5. The van der Waals surface area contributed by atoms with Gasteiger partial charge in [-0.15, -0.1) is 0 Å². The van der Waals surface area contributed by atoms with Gasteiger partial charge in [0.25, 0.3) is 5.56 Å². The van der Waals surface area contributed by atoms with Gasteiger partial charge in [0.1, 0.15) is 0 Å². The number of fused-ring (bicyclic) bond motifs is 2. The molecule has 0 amide bonds. The van der Waals surface area contributed by atoms with Gasteiger partial charge < -0.3 is 14.3 Å². The lowest BCUT2D eigenvalue weighted by atomic mass is 10.2. The summed E-state index contributed by atoms with van der Waals surface area (Å²) < 4.78 is 17.7. The molecule has 0 spiro atoms. The van der Waals surface area contributed by atoms with Crippen LogP contribution in [0.1, 0.15) is 18.2 Å². The molecule has 7 nitrogen and oxygen atoms in total. The highest BCUT2D eigenvalue weighted by Gasteiger charge is 2.19. The third-order valence-electron chi connectivity index (χ3n) is 4.99. The van der Waals surface area contributed by atoms with Crippen molar-refractivity contribution in [2.24, 2.45) is 0 Å². The Morgan fingerprint density at radius 1 is 1.30 bits per heavy atom. The number of aryl methyl sites for hydroxylation is 1. The van der Waals surface area contributed by atoms with Gasteiger partial charge in [-0.1, -0.05) is 0 Å². The molecule has 1 aliphatic heterocycles. The second-order valence-electron chi connectivity index (χ2n) is 6.86. The maximum atomic E-state index is 14.4. The van der Waals surface area contributed by atoms with Crippen molar-refractivity contribution in [1.29, 1.82) is 0 Å². The first-order valence-electron chi connectivity index (χ1n) is 8.84. The molecule has 1 saturated heterocycles. The van der Waals surface area contributed by atoms with Crippen LogP contribution in [0.3, 0.4) is 0 Å². The van der Waals surface area contributed by atoms with E-state index in [0.717, 1.165) is 25.2 Å². The molecule has 1 unspecified atom stereocenters. The number of nitrogens with one attached hydrogen (secondary N) is 1. The Balaban J connectivity index is 1.62. The summed E-state index contributed by atoms with van der Waals surface area (Å²) in [6.45, 7) is 3.50. The minimum atomic E-state index is -0.437. The van der Waals surface area contributed by atoms with Crippen molar-refractivity contribution < 1.29 is 4.39 Å². The van der Waals surface area contributed by atoms with Crippen molar-refractivity contribution in [3.63, 3.8) is 0 Å². The molecule has 0 bridgehead atoms. The Kier molecular flexibility index (Phi) is 3.54. The topological polar surface area (TPSA) is 77.1 Å². The molecule has 4 aromatic rings. The average molecular weight is 364 g/mol. The molecule has 0 radical (unpaired) electrons. The lowest BCUT2D eigenvalue weighted by molar-refractivity contribution is 0.532. The van der Waals surface area contributed by atoms with E-state index in [1.807, 2.05) is 13.0 Å². The number of hydrogen-bond donors (Lipinski definition) is 1. The number of aromatic nitrogens is 5. The van der Waals surface area contributed by atoms with Crippen molar-refractivity contribution in [3.05, 3.63) is 58.8 Å². The molecule has 1 fully saturated rings. The number of nitrogens with zero attached hydrogens (tertiary/aromatic N) is 5. The first-order chi connectivity index (χ1) is 13.1. The molecule has 27 heavy (non-hydrogen) atoms. The van der Waals surface area contributed by atoms with Gasteiger partial charge in [0.2, 0.25) is 0 Å². The van der Waals surface area contributed by atoms with Gasteiger partial charge >= 0.3 is 0 Å². The summed E-state index contributed by atoms with van der Waals surface area (Å²) in [5, 5.41) is 3.73. The van der Waals surface area contributed by atoms with Crippen LogP contribution in [0.2, 0.25) is 0 Å². The summed E-state index contributed by atoms with van der Waals surface area (Å²) in [6.07, 6.45) is 7.72.